The summed E-state index contributed by atoms with van der Waals surface area (Å²) in [6, 6.07) is 22.9. The Bertz CT molecular complexity index is 1280. The molecule has 0 aromatic heterocycles. The number of carbonyl (C=O) groups excluding carboxylic acids is 1. The molecule has 0 spiro atoms. The van der Waals surface area contributed by atoms with Crippen molar-refractivity contribution in [1.82, 2.24) is 5.32 Å². The minimum Gasteiger partial charge on any atom is -0.508 e. The third kappa shape index (κ3) is 4.41. The molecule has 0 saturated heterocycles. The van der Waals surface area contributed by atoms with Crippen LogP contribution in [0.5, 0.6) is 23.0 Å². The van der Waals surface area contributed by atoms with E-state index in [2.05, 4.69) is 5.32 Å². The van der Waals surface area contributed by atoms with E-state index < -0.39 is 6.04 Å². The van der Waals surface area contributed by atoms with Crippen molar-refractivity contribution < 1.29 is 24.1 Å². The van der Waals surface area contributed by atoms with Gasteiger partial charge in [-0.3, -0.25) is 4.79 Å². The molecule has 0 aliphatic heterocycles. The topological polar surface area (TPSA) is 77.0 Å². The quantitative estimate of drug-likeness (QED) is 0.416. The molecule has 0 bridgehead atoms. The maximum Gasteiger partial charge on any atom is 0.252 e. The molecule has 2 N–H and O–H groups in total. The molecule has 0 radical (unpaired) electrons. The number of methoxy groups -OCH3 is 3. The van der Waals surface area contributed by atoms with E-state index in [1.807, 2.05) is 36.4 Å². The fraction of sp³-hybridized carbons (Fsp3) is 0.148. The van der Waals surface area contributed by atoms with E-state index in [4.69, 9.17) is 14.2 Å². The van der Waals surface area contributed by atoms with Crippen LogP contribution in [0, 0.1) is 0 Å². The number of phenols is 1. The number of hydrogen-bond donors (Lipinski definition) is 2. The number of fused-ring (bicyclic) bond motifs is 1. The van der Waals surface area contributed by atoms with E-state index in [0.717, 1.165) is 16.3 Å². The predicted molar refractivity (Wildman–Crippen MR) is 127 cm³/mol. The van der Waals surface area contributed by atoms with Crippen LogP contribution in [0.1, 0.15) is 27.5 Å². The van der Waals surface area contributed by atoms with E-state index in [9.17, 15) is 9.90 Å². The number of rotatable bonds is 7. The normalized spacial score (nSPS) is 11.6. The molecule has 0 unspecified atom stereocenters. The van der Waals surface area contributed by atoms with Gasteiger partial charge < -0.3 is 24.6 Å². The first-order chi connectivity index (χ1) is 16.0. The SMILES string of the molecule is COc1ccc(C(=O)N[C@@H](c2ccc(OC)c(OC)c2)c2c(O)ccc3ccccc23)cc1. The number of amides is 1. The largest absolute Gasteiger partial charge is 0.508 e. The average Bonchev–Trinajstić information content (AvgIpc) is 2.87. The highest BCUT2D eigenvalue weighted by molar-refractivity contribution is 5.96. The second-order valence-corrected chi connectivity index (χ2v) is 7.47. The zero-order chi connectivity index (χ0) is 23.4. The van der Waals surface area contributed by atoms with Crippen LogP contribution in [0.4, 0.5) is 0 Å². The Morgan fingerprint density at radius 3 is 2.24 bits per heavy atom. The van der Waals surface area contributed by atoms with Crippen LogP contribution in [-0.4, -0.2) is 32.3 Å². The molecule has 6 nitrogen and oxygen atoms in total. The average molecular weight is 443 g/mol. The van der Waals surface area contributed by atoms with Gasteiger partial charge in [0.25, 0.3) is 5.91 Å². The van der Waals surface area contributed by atoms with E-state index in [-0.39, 0.29) is 11.7 Å². The number of phenolic OH excluding ortho intramolecular Hbond substituents is 1. The number of hydrogen-bond acceptors (Lipinski definition) is 5. The van der Waals surface area contributed by atoms with Gasteiger partial charge in [-0.25, -0.2) is 0 Å². The van der Waals surface area contributed by atoms with Crippen LogP contribution in [0.2, 0.25) is 0 Å². The molecule has 4 aromatic rings. The summed E-state index contributed by atoms with van der Waals surface area (Å²) in [5.74, 6) is 1.56. The molecule has 1 amide bonds. The van der Waals surface area contributed by atoms with Crippen LogP contribution in [0.3, 0.4) is 0 Å². The van der Waals surface area contributed by atoms with Crippen LogP contribution in [0.15, 0.2) is 78.9 Å². The molecule has 168 valence electrons. The number of ether oxygens (including phenoxy) is 3. The smallest absolute Gasteiger partial charge is 0.252 e. The Hall–Kier alpha value is -4.19. The Morgan fingerprint density at radius 1 is 0.818 bits per heavy atom. The molecule has 0 aliphatic rings. The Balaban J connectivity index is 1.84. The first kappa shape index (κ1) is 22.0. The maximum absolute atomic E-state index is 13.2. The van der Waals surface area contributed by atoms with Crippen molar-refractivity contribution in [1.29, 1.82) is 0 Å². The first-order valence-corrected chi connectivity index (χ1v) is 10.4. The monoisotopic (exact) mass is 443 g/mol. The Labute approximate surface area is 192 Å². The zero-order valence-electron chi connectivity index (χ0n) is 18.7. The lowest BCUT2D eigenvalue weighted by Crippen LogP contribution is -2.29. The Morgan fingerprint density at radius 2 is 1.55 bits per heavy atom. The van der Waals surface area contributed by atoms with Crippen LogP contribution < -0.4 is 19.5 Å². The summed E-state index contributed by atoms with van der Waals surface area (Å²) in [5, 5.41) is 15.8. The molecule has 0 heterocycles. The van der Waals surface area contributed by atoms with Gasteiger partial charge in [-0.2, -0.15) is 0 Å². The van der Waals surface area contributed by atoms with E-state index in [1.165, 1.54) is 0 Å². The third-order valence-corrected chi connectivity index (χ3v) is 5.60. The summed E-state index contributed by atoms with van der Waals surface area (Å²) in [4.78, 5) is 13.2. The lowest BCUT2D eigenvalue weighted by atomic mass is 9.92. The summed E-state index contributed by atoms with van der Waals surface area (Å²) in [7, 11) is 4.70. The van der Waals surface area contributed by atoms with Gasteiger partial charge in [0, 0.05) is 11.1 Å². The van der Waals surface area contributed by atoms with Gasteiger partial charge in [-0.15, -0.1) is 0 Å². The molecule has 6 heteroatoms. The van der Waals surface area contributed by atoms with Crippen molar-refractivity contribution in [2.24, 2.45) is 0 Å². The molecule has 4 aromatic carbocycles. The lowest BCUT2D eigenvalue weighted by molar-refractivity contribution is 0.0943. The van der Waals surface area contributed by atoms with Crippen molar-refractivity contribution in [2.75, 3.05) is 21.3 Å². The van der Waals surface area contributed by atoms with Crippen molar-refractivity contribution in [2.45, 2.75) is 6.04 Å². The Kier molecular flexibility index (Phi) is 6.36. The number of aromatic hydroxyl groups is 1. The van der Waals surface area contributed by atoms with Gasteiger partial charge >= 0.3 is 0 Å². The molecular weight excluding hydrogens is 418 g/mol. The van der Waals surface area contributed by atoms with Crippen molar-refractivity contribution in [3.63, 3.8) is 0 Å². The number of benzene rings is 4. The molecule has 33 heavy (non-hydrogen) atoms. The number of nitrogens with one attached hydrogen (secondary N) is 1. The molecular formula is C27H25NO5. The highest BCUT2D eigenvalue weighted by Crippen LogP contribution is 2.38. The van der Waals surface area contributed by atoms with Gasteiger partial charge in [0.2, 0.25) is 0 Å². The second-order valence-electron chi connectivity index (χ2n) is 7.47. The van der Waals surface area contributed by atoms with Crippen LogP contribution in [-0.2, 0) is 0 Å². The maximum atomic E-state index is 13.2. The summed E-state index contributed by atoms with van der Waals surface area (Å²) in [6.07, 6.45) is 0. The van der Waals surface area contributed by atoms with Gasteiger partial charge in [-0.1, -0.05) is 36.4 Å². The van der Waals surface area contributed by atoms with Gasteiger partial charge in [-0.05, 0) is 58.8 Å². The molecule has 0 saturated carbocycles. The highest BCUT2D eigenvalue weighted by atomic mass is 16.5. The summed E-state index contributed by atoms with van der Waals surface area (Å²) in [5.41, 5.74) is 1.81. The molecule has 1 atom stereocenters. The van der Waals surface area contributed by atoms with Crippen LogP contribution in [0.25, 0.3) is 10.8 Å². The van der Waals surface area contributed by atoms with Crippen molar-refractivity contribution >= 4 is 16.7 Å². The lowest BCUT2D eigenvalue weighted by Gasteiger charge is -2.23. The van der Waals surface area contributed by atoms with Gasteiger partial charge in [0.15, 0.2) is 11.5 Å². The molecule has 0 fully saturated rings. The highest BCUT2D eigenvalue weighted by Gasteiger charge is 2.24. The zero-order valence-corrected chi connectivity index (χ0v) is 18.7. The summed E-state index contributed by atoms with van der Waals surface area (Å²) >= 11 is 0. The minimum atomic E-state index is -0.648. The third-order valence-electron chi connectivity index (χ3n) is 5.60. The fourth-order valence-electron chi connectivity index (χ4n) is 3.90. The van der Waals surface area contributed by atoms with E-state index in [0.29, 0.717) is 28.4 Å². The second kappa shape index (κ2) is 9.53. The standard InChI is InChI=1S/C27H25NO5/c1-31-20-12-8-18(9-13-20)27(30)28-26(19-11-15-23(32-2)24(16-19)33-3)25-21-7-5-4-6-17(21)10-14-22(25)29/h4-16,26,29H,1-3H3,(H,28,30)/t26-/m0/s1. The van der Waals surface area contributed by atoms with E-state index >= 15 is 0 Å². The van der Waals surface area contributed by atoms with E-state index in [1.54, 1.807) is 63.8 Å². The van der Waals surface area contributed by atoms with Crippen molar-refractivity contribution in [3.05, 3.63) is 95.6 Å². The summed E-state index contributed by atoms with van der Waals surface area (Å²) < 4.78 is 16.0. The predicted octanol–water partition coefficient (Wildman–Crippen LogP) is 5.09. The first-order valence-electron chi connectivity index (χ1n) is 10.4. The molecule has 4 rings (SSSR count). The minimum absolute atomic E-state index is 0.0866. The van der Waals surface area contributed by atoms with Gasteiger partial charge in [0.05, 0.1) is 27.4 Å². The fourth-order valence-corrected chi connectivity index (χ4v) is 3.90. The van der Waals surface area contributed by atoms with Crippen LogP contribution >= 0.6 is 0 Å². The molecule has 0 aliphatic carbocycles. The van der Waals surface area contributed by atoms with Crippen molar-refractivity contribution in [3.8, 4) is 23.0 Å². The van der Waals surface area contributed by atoms with Gasteiger partial charge in [0.1, 0.15) is 11.5 Å². The summed E-state index contributed by atoms with van der Waals surface area (Å²) in [6.45, 7) is 0. The number of carbonyl (C=O) groups is 1.